The van der Waals surface area contributed by atoms with Crippen molar-refractivity contribution < 1.29 is 9.47 Å². The molecule has 2 aromatic carbocycles. The minimum absolute atomic E-state index is 0.202. The second kappa shape index (κ2) is 18.9. The molecule has 0 aromatic heterocycles. The average molecular weight is 439 g/mol. The zero-order chi connectivity index (χ0) is 22.5. The molecule has 178 valence electrons. The SMILES string of the molecule is CCC(COCCCCCCCCCCCCCc1ccccc1)OCc1ccccc1. The van der Waals surface area contributed by atoms with Crippen LogP contribution in [0.15, 0.2) is 60.7 Å². The molecule has 0 heterocycles. The van der Waals surface area contributed by atoms with Crippen molar-refractivity contribution in [1.29, 1.82) is 0 Å². The Hall–Kier alpha value is -1.64. The summed E-state index contributed by atoms with van der Waals surface area (Å²) in [6.07, 6.45) is 17.4. The summed E-state index contributed by atoms with van der Waals surface area (Å²) >= 11 is 0. The van der Waals surface area contributed by atoms with Gasteiger partial charge in [-0.2, -0.15) is 0 Å². The first-order chi connectivity index (χ1) is 15.9. The Morgan fingerprint density at radius 2 is 1.09 bits per heavy atom. The minimum Gasteiger partial charge on any atom is -0.379 e. The first kappa shape index (κ1) is 26.6. The molecule has 32 heavy (non-hydrogen) atoms. The van der Waals surface area contributed by atoms with Crippen molar-refractivity contribution in [2.45, 2.75) is 103 Å². The van der Waals surface area contributed by atoms with Gasteiger partial charge in [0.15, 0.2) is 0 Å². The molecule has 0 aliphatic rings. The van der Waals surface area contributed by atoms with E-state index < -0.39 is 0 Å². The summed E-state index contributed by atoms with van der Waals surface area (Å²) in [6.45, 7) is 4.43. The van der Waals surface area contributed by atoms with Gasteiger partial charge in [0, 0.05) is 6.61 Å². The molecule has 0 N–H and O–H groups in total. The second-order valence-corrected chi connectivity index (χ2v) is 9.03. The summed E-state index contributed by atoms with van der Waals surface area (Å²) in [5, 5.41) is 0. The molecule has 0 saturated heterocycles. The Morgan fingerprint density at radius 3 is 1.66 bits per heavy atom. The third kappa shape index (κ3) is 13.7. The Kier molecular flexibility index (Phi) is 15.7. The number of unbranched alkanes of at least 4 members (excludes halogenated alkanes) is 10. The fourth-order valence-corrected chi connectivity index (χ4v) is 4.06. The summed E-state index contributed by atoms with van der Waals surface area (Å²) in [5.74, 6) is 0. The standard InChI is InChI=1S/C30H46O2/c1-2-30(32-26-29-23-17-13-18-24-29)27-31-25-19-11-9-7-5-3-4-6-8-10-14-20-28-21-15-12-16-22-28/h12-13,15-18,21-24,30H,2-11,14,19-20,25-27H2,1H3. The molecule has 0 aliphatic carbocycles. The van der Waals surface area contributed by atoms with Crippen LogP contribution in [0, 0.1) is 0 Å². The third-order valence-corrected chi connectivity index (χ3v) is 6.18. The average Bonchev–Trinajstić information content (AvgIpc) is 2.84. The molecule has 0 aliphatic heterocycles. The van der Waals surface area contributed by atoms with E-state index in [-0.39, 0.29) is 6.10 Å². The third-order valence-electron chi connectivity index (χ3n) is 6.18. The van der Waals surface area contributed by atoms with Gasteiger partial charge in [-0.3, -0.25) is 0 Å². The Balaban J connectivity index is 1.30. The first-order valence-corrected chi connectivity index (χ1v) is 13.2. The van der Waals surface area contributed by atoms with E-state index in [2.05, 4.69) is 61.5 Å². The first-order valence-electron chi connectivity index (χ1n) is 13.2. The largest absolute Gasteiger partial charge is 0.379 e. The molecule has 0 spiro atoms. The van der Waals surface area contributed by atoms with Crippen molar-refractivity contribution >= 4 is 0 Å². The van der Waals surface area contributed by atoms with E-state index in [4.69, 9.17) is 9.47 Å². The highest BCUT2D eigenvalue weighted by Gasteiger charge is 2.07. The molecule has 1 unspecified atom stereocenters. The van der Waals surface area contributed by atoms with Gasteiger partial charge >= 0.3 is 0 Å². The smallest absolute Gasteiger partial charge is 0.0810 e. The molecule has 2 rings (SSSR count). The summed E-state index contributed by atoms with van der Waals surface area (Å²) in [7, 11) is 0. The lowest BCUT2D eigenvalue weighted by molar-refractivity contribution is -0.0269. The van der Waals surface area contributed by atoms with Gasteiger partial charge in [-0.25, -0.2) is 0 Å². The van der Waals surface area contributed by atoms with Gasteiger partial charge in [-0.05, 0) is 36.8 Å². The van der Waals surface area contributed by atoms with Gasteiger partial charge in [-0.15, -0.1) is 0 Å². The van der Waals surface area contributed by atoms with Crippen LogP contribution in [0.3, 0.4) is 0 Å². The Bertz CT molecular complexity index is 640. The van der Waals surface area contributed by atoms with E-state index in [9.17, 15) is 0 Å². The lowest BCUT2D eigenvalue weighted by Crippen LogP contribution is -2.19. The molecule has 0 bridgehead atoms. The summed E-state index contributed by atoms with van der Waals surface area (Å²) in [4.78, 5) is 0. The maximum absolute atomic E-state index is 5.99. The molecule has 2 heteroatoms. The lowest BCUT2D eigenvalue weighted by atomic mass is 10.0. The fraction of sp³-hybridized carbons (Fsp3) is 0.600. The van der Waals surface area contributed by atoms with Gasteiger partial charge in [0.1, 0.15) is 0 Å². The van der Waals surface area contributed by atoms with Crippen LogP contribution in [0.2, 0.25) is 0 Å². The van der Waals surface area contributed by atoms with Crippen LogP contribution in [-0.4, -0.2) is 19.3 Å². The monoisotopic (exact) mass is 438 g/mol. The summed E-state index contributed by atoms with van der Waals surface area (Å²) in [6, 6.07) is 21.3. The van der Waals surface area contributed by atoms with Gasteiger partial charge < -0.3 is 9.47 Å². The van der Waals surface area contributed by atoms with E-state index in [0.717, 1.165) is 13.0 Å². The van der Waals surface area contributed by atoms with E-state index in [1.165, 1.54) is 88.2 Å². The van der Waals surface area contributed by atoms with Crippen LogP contribution >= 0.6 is 0 Å². The quantitative estimate of drug-likeness (QED) is 0.193. The Morgan fingerprint density at radius 1 is 0.594 bits per heavy atom. The molecule has 1 atom stereocenters. The molecule has 0 radical (unpaired) electrons. The molecule has 0 saturated carbocycles. The molecule has 0 fully saturated rings. The predicted molar refractivity (Wildman–Crippen MR) is 137 cm³/mol. The van der Waals surface area contributed by atoms with Gasteiger partial charge in [0.2, 0.25) is 0 Å². The summed E-state index contributed by atoms with van der Waals surface area (Å²) < 4.78 is 11.9. The van der Waals surface area contributed by atoms with Crippen molar-refractivity contribution in [1.82, 2.24) is 0 Å². The van der Waals surface area contributed by atoms with Crippen molar-refractivity contribution in [3.8, 4) is 0 Å². The number of ether oxygens (including phenoxy) is 2. The van der Waals surface area contributed by atoms with Crippen molar-refractivity contribution in [3.05, 3.63) is 71.8 Å². The van der Waals surface area contributed by atoms with Crippen molar-refractivity contribution in [2.24, 2.45) is 0 Å². The zero-order valence-corrected chi connectivity index (χ0v) is 20.5. The van der Waals surface area contributed by atoms with Crippen LogP contribution in [0.25, 0.3) is 0 Å². The van der Waals surface area contributed by atoms with Crippen LogP contribution in [0.5, 0.6) is 0 Å². The maximum Gasteiger partial charge on any atom is 0.0810 e. The van der Waals surface area contributed by atoms with Gasteiger partial charge in [0.05, 0.1) is 19.3 Å². The highest BCUT2D eigenvalue weighted by Crippen LogP contribution is 2.13. The van der Waals surface area contributed by atoms with Crippen LogP contribution in [0.4, 0.5) is 0 Å². The zero-order valence-electron chi connectivity index (χ0n) is 20.5. The molecule has 0 amide bonds. The second-order valence-electron chi connectivity index (χ2n) is 9.03. The van der Waals surface area contributed by atoms with E-state index >= 15 is 0 Å². The van der Waals surface area contributed by atoms with Gasteiger partial charge in [0.25, 0.3) is 0 Å². The summed E-state index contributed by atoms with van der Waals surface area (Å²) in [5.41, 5.74) is 2.72. The number of benzene rings is 2. The number of hydrogen-bond donors (Lipinski definition) is 0. The fourth-order valence-electron chi connectivity index (χ4n) is 4.06. The van der Waals surface area contributed by atoms with E-state index in [1.807, 2.05) is 6.07 Å². The number of hydrogen-bond acceptors (Lipinski definition) is 2. The lowest BCUT2D eigenvalue weighted by Gasteiger charge is -2.16. The highest BCUT2D eigenvalue weighted by molar-refractivity contribution is 5.14. The highest BCUT2D eigenvalue weighted by atomic mass is 16.5. The topological polar surface area (TPSA) is 18.5 Å². The number of aryl methyl sites for hydroxylation is 1. The van der Waals surface area contributed by atoms with Gasteiger partial charge in [-0.1, -0.05) is 125 Å². The number of rotatable bonds is 20. The minimum atomic E-state index is 0.202. The van der Waals surface area contributed by atoms with Crippen molar-refractivity contribution in [2.75, 3.05) is 13.2 Å². The molecule has 2 nitrogen and oxygen atoms in total. The molecule has 2 aromatic rings. The normalized spacial score (nSPS) is 12.2. The van der Waals surface area contributed by atoms with Crippen molar-refractivity contribution in [3.63, 3.8) is 0 Å². The van der Waals surface area contributed by atoms with Crippen LogP contribution in [-0.2, 0) is 22.5 Å². The Labute approximate surface area is 197 Å². The van der Waals surface area contributed by atoms with E-state index in [0.29, 0.717) is 13.2 Å². The van der Waals surface area contributed by atoms with E-state index in [1.54, 1.807) is 0 Å². The predicted octanol–water partition coefficient (Wildman–Crippen LogP) is 8.53. The van der Waals surface area contributed by atoms with Crippen LogP contribution < -0.4 is 0 Å². The molecular formula is C30H46O2. The molecular weight excluding hydrogens is 392 g/mol. The van der Waals surface area contributed by atoms with Crippen LogP contribution in [0.1, 0.15) is 95.1 Å². The maximum atomic E-state index is 5.99.